The zero-order chi connectivity index (χ0) is 23.3. The predicted octanol–water partition coefficient (Wildman–Crippen LogP) is 2.12. The number of benzene rings is 1. The molecule has 168 valence electrons. The smallest absolute Gasteiger partial charge is 0.322 e. The minimum absolute atomic E-state index is 0.00928. The maximum Gasteiger partial charge on any atom is 0.322 e. The zero-order valence-corrected chi connectivity index (χ0v) is 17.9. The number of carbonyl (C=O) groups excluding carboxylic acids is 4. The van der Waals surface area contributed by atoms with Crippen LogP contribution in [-0.4, -0.2) is 47.2 Å². The Hall–Kier alpha value is -4.21. The van der Waals surface area contributed by atoms with Gasteiger partial charge in [-0.2, -0.15) is 0 Å². The molecule has 1 saturated heterocycles. The van der Waals surface area contributed by atoms with Crippen LogP contribution < -0.4 is 15.4 Å². The van der Waals surface area contributed by atoms with Crippen LogP contribution in [0.1, 0.15) is 45.5 Å². The van der Waals surface area contributed by atoms with Gasteiger partial charge in [-0.05, 0) is 29.8 Å². The van der Waals surface area contributed by atoms with Gasteiger partial charge in [-0.3, -0.25) is 24.7 Å². The molecule has 4 heterocycles. The van der Waals surface area contributed by atoms with Gasteiger partial charge in [0.1, 0.15) is 28.3 Å². The molecule has 1 aromatic carbocycles. The zero-order valence-electron chi connectivity index (χ0n) is 17.9. The summed E-state index contributed by atoms with van der Waals surface area (Å²) in [6.07, 6.45) is 1.31. The van der Waals surface area contributed by atoms with E-state index in [0.717, 1.165) is 5.56 Å². The molecule has 2 aliphatic heterocycles. The number of nitrogens with one attached hydrogen (secondary N) is 2. The highest BCUT2D eigenvalue weighted by atomic mass is 16.5. The average molecular weight is 448 g/mol. The van der Waals surface area contributed by atoms with Crippen molar-refractivity contribution in [2.45, 2.75) is 25.4 Å². The molecule has 3 aromatic rings. The van der Waals surface area contributed by atoms with Gasteiger partial charge < -0.3 is 19.4 Å². The number of rotatable bonds is 5. The van der Waals surface area contributed by atoms with E-state index in [-0.39, 0.29) is 36.1 Å². The number of methoxy groups -OCH3 is 1. The highest BCUT2D eigenvalue weighted by Crippen LogP contribution is 2.36. The minimum Gasteiger partial charge on any atom is -0.497 e. The molecule has 1 fully saturated rings. The number of amides is 4. The molecule has 2 aromatic heterocycles. The first-order valence-corrected chi connectivity index (χ1v) is 10.3. The summed E-state index contributed by atoms with van der Waals surface area (Å²) < 4.78 is 11.2. The van der Waals surface area contributed by atoms with E-state index < -0.39 is 17.5 Å². The van der Waals surface area contributed by atoms with E-state index in [1.807, 2.05) is 6.07 Å². The van der Waals surface area contributed by atoms with E-state index in [1.165, 1.54) is 20.2 Å². The summed E-state index contributed by atoms with van der Waals surface area (Å²) in [7, 11) is 1.52. The Labute approximate surface area is 187 Å². The predicted molar refractivity (Wildman–Crippen MR) is 115 cm³/mol. The highest BCUT2D eigenvalue weighted by molar-refractivity contribution is 6.04. The molecule has 0 saturated carbocycles. The van der Waals surface area contributed by atoms with Gasteiger partial charge in [-0.15, -0.1) is 0 Å². The number of ketones is 1. The first kappa shape index (κ1) is 20.7. The topological polar surface area (TPSA) is 131 Å². The van der Waals surface area contributed by atoms with E-state index >= 15 is 0 Å². The summed E-state index contributed by atoms with van der Waals surface area (Å²) in [6, 6.07) is 7.78. The molecule has 5 rings (SSSR count). The van der Waals surface area contributed by atoms with E-state index in [1.54, 1.807) is 29.2 Å². The number of carbonyl (C=O) groups is 4. The number of furan rings is 1. The Bertz CT molecular complexity index is 1330. The summed E-state index contributed by atoms with van der Waals surface area (Å²) >= 11 is 0. The number of ether oxygens (including phenoxy) is 1. The number of aromatic nitrogens is 1. The van der Waals surface area contributed by atoms with Crippen molar-refractivity contribution in [1.82, 2.24) is 20.5 Å². The Kier molecular flexibility index (Phi) is 4.66. The molecule has 10 nitrogen and oxygen atoms in total. The second kappa shape index (κ2) is 7.44. The number of urea groups is 1. The molecule has 33 heavy (non-hydrogen) atoms. The Balaban J connectivity index is 1.57. The number of pyridine rings is 1. The highest BCUT2D eigenvalue weighted by Gasteiger charge is 2.47. The van der Waals surface area contributed by atoms with Crippen LogP contribution in [0.25, 0.3) is 11.0 Å². The molecule has 2 N–H and O–H groups in total. The lowest BCUT2D eigenvalue weighted by Gasteiger charge is -2.38. The van der Waals surface area contributed by atoms with Gasteiger partial charge >= 0.3 is 6.03 Å². The molecule has 0 radical (unpaired) electrons. The molecule has 1 atom stereocenters. The van der Waals surface area contributed by atoms with Crippen LogP contribution in [0.4, 0.5) is 4.79 Å². The van der Waals surface area contributed by atoms with Crippen LogP contribution in [0, 0.1) is 0 Å². The van der Waals surface area contributed by atoms with Gasteiger partial charge in [0.05, 0.1) is 20.1 Å². The van der Waals surface area contributed by atoms with Crippen LogP contribution in [0.5, 0.6) is 5.75 Å². The normalized spacial score (nSPS) is 19.9. The van der Waals surface area contributed by atoms with Crippen molar-refractivity contribution in [3.63, 3.8) is 0 Å². The number of nitrogens with zero attached hydrogens (tertiary/aromatic N) is 2. The van der Waals surface area contributed by atoms with Gasteiger partial charge in [-0.1, -0.05) is 6.07 Å². The van der Waals surface area contributed by atoms with Gasteiger partial charge in [0, 0.05) is 30.6 Å². The van der Waals surface area contributed by atoms with E-state index in [4.69, 9.17) is 9.15 Å². The standard InChI is InChI=1S/C23H20N4O6/c1-12(28)20-16-8-18(33-17(16)5-6-24-20)23(9-19(29)25-22(31)26-23)11-27-10-13-3-4-14(32-2)7-15(13)21(27)30/h3-8H,9-11H2,1-2H3,(H2,25,26,29,31)/t23-/m0/s1. The second-order valence-electron chi connectivity index (χ2n) is 8.18. The summed E-state index contributed by atoms with van der Waals surface area (Å²) in [6.45, 7) is 1.69. The lowest BCUT2D eigenvalue weighted by atomic mass is 9.89. The molecule has 10 heteroatoms. The molecule has 4 amide bonds. The van der Waals surface area contributed by atoms with Crippen molar-refractivity contribution >= 4 is 34.6 Å². The van der Waals surface area contributed by atoms with Crippen LogP contribution >= 0.6 is 0 Å². The Morgan fingerprint density at radius 1 is 1.24 bits per heavy atom. The Morgan fingerprint density at radius 3 is 2.79 bits per heavy atom. The van der Waals surface area contributed by atoms with Gasteiger partial charge in [0.2, 0.25) is 5.91 Å². The first-order valence-electron chi connectivity index (χ1n) is 10.3. The molecule has 0 spiro atoms. The first-order chi connectivity index (χ1) is 15.8. The van der Waals surface area contributed by atoms with Gasteiger partial charge in [-0.25, -0.2) is 4.79 Å². The minimum atomic E-state index is -1.33. The van der Waals surface area contributed by atoms with Crippen LogP contribution in [0.2, 0.25) is 0 Å². The van der Waals surface area contributed by atoms with Gasteiger partial charge in [0.15, 0.2) is 5.78 Å². The SMILES string of the molecule is COc1ccc2c(c1)C(=O)N(C[C@]1(c3cc4c(C(C)=O)nccc4o3)CC(=O)NC(=O)N1)C2. The van der Waals surface area contributed by atoms with Crippen molar-refractivity contribution in [2.24, 2.45) is 0 Å². The molecule has 0 bridgehead atoms. The third kappa shape index (κ3) is 3.39. The Morgan fingerprint density at radius 2 is 2.06 bits per heavy atom. The van der Waals surface area contributed by atoms with E-state index in [2.05, 4.69) is 15.6 Å². The molecular weight excluding hydrogens is 428 g/mol. The van der Waals surface area contributed by atoms with E-state index in [0.29, 0.717) is 28.8 Å². The fourth-order valence-electron chi connectivity index (χ4n) is 4.46. The lowest BCUT2D eigenvalue weighted by molar-refractivity contribution is -0.123. The number of hydrogen-bond acceptors (Lipinski definition) is 7. The summed E-state index contributed by atoms with van der Waals surface area (Å²) in [5.74, 6) is -0.171. The molecule has 2 aliphatic rings. The van der Waals surface area contributed by atoms with Crippen molar-refractivity contribution in [3.8, 4) is 5.75 Å². The lowest BCUT2D eigenvalue weighted by Crippen LogP contribution is -2.62. The summed E-state index contributed by atoms with van der Waals surface area (Å²) in [4.78, 5) is 55.6. The maximum absolute atomic E-state index is 13.2. The second-order valence-corrected chi connectivity index (χ2v) is 8.18. The van der Waals surface area contributed by atoms with Crippen LogP contribution in [-0.2, 0) is 16.9 Å². The summed E-state index contributed by atoms with van der Waals surface area (Å²) in [5, 5.41) is 5.49. The quantitative estimate of drug-likeness (QED) is 0.572. The van der Waals surface area contributed by atoms with Crippen molar-refractivity contribution in [3.05, 3.63) is 59.1 Å². The third-order valence-electron chi connectivity index (χ3n) is 5.98. The largest absolute Gasteiger partial charge is 0.497 e. The van der Waals surface area contributed by atoms with Crippen LogP contribution in [0.3, 0.4) is 0 Å². The number of hydrogen-bond donors (Lipinski definition) is 2. The molecule has 0 unspecified atom stereocenters. The van der Waals surface area contributed by atoms with Crippen molar-refractivity contribution in [1.29, 1.82) is 0 Å². The fraction of sp³-hybridized carbons (Fsp3) is 0.261. The van der Waals surface area contributed by atoms with E-state index in [9.17, 15) is 19.2 Å². The maximum atomic E-state index is 13.2. The van der Waals surface area contributed by atoms with Gasteiger partial charge in [0.25, 0.3) is 5.91 Å². The third-order valence-corrected chi connectivity index (χ3v) is 5.98. The van der Waals surface area contributed by atoms with Crippen molar-refractivity contribution < 1.29 is 28.3 Å². The fourth-order valence-corrected chi connectivity index (χ4v) is 4.46. The number of imide groups is 1. The monoisotopic (exact) mass is 448 g/mol. The number of Topliss-reactive ketones (excluding diaryl/α,β-unsaturated/α-hetero) is 1. The number of fused-ring (bicyclic) bond motifs is 2. The average Bonchev–Trinajstić information content (AvgIpc) is 3.34. The molecule has 0 aliphatic carbocycles. The molecular formula is C23H20N4O6. The summed E-state index contributed by atoms with van der Waals surface area (Å²) in [5.41, 5.74) is 0.611. The van der Waals surface area contributed by atoms with Crippen LogP contribution in [0.15, 0.2) is 40.9 Å². The van der Waals surface area contributed by atoms with Crippen molar-refractivity contribution in [2.75, 3.05) is 13.7 Å².